The van der Waals surface area contributed by atoms with E-state index in [0.717, 1.165) is 61.8 Å². The Bertz CT molecular complexity index is 814. The minimum Gasteiger partial charge on any atom is -0.489 e. The van der Waals surface area contributed by atoms with Crippen molar-refractivity contribution in [2.45, 2.75) is 51.3 Å². The topological polar surface area (TPSA) is 45.7 Å². The summed E-state index contributed by atoms with van der Waals surface area (Å²) >= 11 is 7.78. The smallest absolute Gasteiger partial charge is 0.224 e. The SMILES string of the molecule is CCC1CN(CCC(=O)N2CCCC2c2nccs2)Cc2ccc(Cl)cc2O1. The average molecular weight is 420 g/mol. The van der Waals surface area contributed by atoms with Gasteiger partial charge in [-0.05, 0) is 31.4 Å². The molecule has 2 aliphatic heterocycles. The monoisotopic (exact) mass is 419 g/mol. The Morgan fingerprint density at radius 2 is 2.32 bits per heavy atom. The molecule has 0 spiro atoms. The molecule has 28 heavy (non-hydrogen) atoms. The van der Waals surface area contributed by atoms with E-state index in [9.17, 15) is 4.79 Å². The Morgan fingerprint density at radius 1 is 1.43 bits per heavy atom. The van der Waals surface area contributed by atoms with Crippen LogP contribution in [0, 0.1) is 0 Å². The van der Waals surface area contributed by atoms with E-state index in [1.165, 1.54) is 0 Å². The number of ether oxygens (including phenoxy) is 1. The van der Waals surface area contributed by atoms with Gasteiger partial charge in [-0.1, -0.05) is 24.6 Å². The third-order valence-electron chi connectivity index (χ3n) is 5.59. The van der Waals surface area contributed by atoms with Gasteiger partial charge < -0.3 is 9.64 Å². The van der Waals surface area contributed by atoms with Crippen LogP contribution in [-0.2, 0) is 11.3 Å². The van der Waals surface area contributed by atoms with Gasteiger partial charge in [-0.25, -0.2) is 4.98 Å². The Labute approximate surface area is 175 Å². The predicted octanol–water partition coefficient (Wildman–Crippen LogP) is 4.52. The zero-order valence-corrected chi connectivity index (χ0v) is 17.7. The van der Waals surface area contributed by atoms with Crippen molar-refractivity contribution in [3.05, 3.63) is 45.4 Å². The molecule has 2 aromatic rings. The number of rotatable bonds is 5. The van der Waals surface area contributed by atoms with Crippen LogP contribution < -0.4 is 4.74 Å². The third kappa shape index (κ3) is 4.34. The summed E-state index contributed by atoms with van der Waals surface area (Å²) in [6.07, 6.45) is 5.47. The number of nitrogens with zero attached hydrogens (tertiary/aromatic N) is 3. The van der Waals surface area contributed by atoms with Crippen molar-refractivity contribution in [1.29, 1.82) is 0 Å². The summed E-state index contributed by atoms with van der Waals surface area (Å²) in [6.45, 7) is 5.32. The van der Waals surface area contributed by atoms with E-state index >= 15 is 0 Å². The molecular weight excluding hydrogens is 394 g/mol. The number of likely N-dealkylation sites (tertiary alicyclic amines) is 1. The summed E-state index contributed by atoms with van der Waals surface area (Å²) in [5.74, 6) is 1.10. The lowest BCUT2D eigenvalue weighted by Gasteiger charge is -2.26. The van der Waals surface area contributed by atoms with Gasteiger partial charge in [0.2, 0.25) is 5.91 Å². The summed E-state index contributed by atoms with van der Waals surface area (Å²) < 4.78 is 6.16. The quantitative estimate of drug-likeness (QED) is 0.714. The third-order valence-corrected chi connectivity index (χ3v) is 6.70. The Kier molecular flexibility index (Phi) is 6.19. The largest absolute Gasteiger partial charge is 0.489 e. The van der Waals surface area contributed by atoms with E-state index < -0.39 is 0 Å². The van der Waals surface area contributed by atoms with E-state index in [-0.39, 0.29) is 18.1 Å². The highest BCUT2D eigenvalue weighted by molar-refractivity contribution is 7.09. The van der Waals surface area contributed by atoms with Crippen molar-refractivity contribution in [3.63, 3.8) is 0 Å². The van der Waals surface area contributed by atoms with Gasteiger partial charge in [0, 0.05) is 54.8 Å². The molecule has 1 amide bonds. The number of carbonyl (C=O) groups is 1. The first kappa shape index (κ1) is 19.7. The zero-order chi connectivity index (χ0) is 19.5. The van der Waals surface area contributed by atoms with Gasteiger partial charge in [0.1, 0.15) is 16.9 Å². The summed E-state index contributed by atoms with van der Waals surface area (Å²) in [5, 5.41) is 3.74. The van der Waals surface area contributed by atoms with Crippen LogP contribution in [-0.4, -0.2) is 46.4 Å². The highest BCUT2D eigenvalue weighted by Crippen LogP contribution is 2.34. The van der Waals surface area contributed by atoms with Crippen molar-refractivity contribution in [2.24, 2.45) is 0 Å². The van der Waals surface area contributed by atoms with E-state index in [0.29, 0.717) is 11.4 Å². The number of amides is 1. The van der Waals surface area contributed by atoms with Crippen molar-refractivity contribution >= 4 is 28.8 Å². The number of thiazole rings is 1. The Hall–Kier alpha value is -1.63. The van der Waals surface area contributed by atoms with Gasteiger partial charge in [-0.3, -0.25) is 9.69 Å². The second-order valence-electron chi connectivity index (χ2n) is 7.50. The van der Waals surface area contributed by atoms with Gasteiger partial charge in [0.15, 0.2) is 0 Å². The lowest BCUT2D eigenvalue weighted by atomic mass is 10.2. The number of carbonyl (C=O) groups excluding carboxylic acids is 1. The number of aromatic nitrogens is 1. The summed E-state index contributed by atoms with van der Waals surface area (Å²) in [4.78, 5) is 21.7. The lowest BCUT2D eigenvalue weighted by molar-refractivity contribution is -0.132. The molecule has 2 atom stereocenters. The molecule has 0 aliphatic carbocycles. The maximum absolute atomic E-state index is 12.9. The Morgan fingerprint density at radius 3 is 3.11 bits per heavy atom. The number of hydrogen-bond donors (Lipinski definition) is 0. The number of benzene rings is 1. The second kappa shape index (κ2) is 8.80. The molecular formula is C21H26ClN3O2S. The molecule has 0 N–H and O–H groups in total. The van der Waals surface area contributed by atoms with Crippen molar-refractivity contribution in [2.75, 3.05) is 19.6 Å². The molecule has 1 fully saturated rings. The van der Waals surface area contributed by atoms with E-state index in [4.69, 9.17) is 16.3 Å². The molecule has 1 aromatic carbocycles. The molecule has 0 bridgehead atoms. The fourth-order valence-electron chi connectivity index (χ4n) is 4.08. The molecule has 5 nitrogen and oxygen atoms in total. The van der Waals surface area contributed by atoms with Gasteiger partial charge in [0.25, 0.3) is 0 Å². The number of halogens is 1. The summed E-state index contributed by atoms with van der Waals surface area (Å²) in [7, 11) is 0. The molecule has 1 aromatic heterocycles. The molecule has 150 valence electrons. The molecule has 3 heterocycles. The fraction of sp³-hybridized carbons (Fsp3) is 0.524. The van der Waals surface area contributed by atoms with Crippen LogP contribution in [0.25, 0.3) is 0 Å². The van der Waals surface area contributed by atoms with Crippen LogP contribution in [0.1, 0.15) is 49.2 Å². The van der Waals surface area contributed by atoms with Crippen LogP contribution in [0.4, 0.5) is 0 Å². The average Bonchev–Trinajstić information content (AvgIpc) is 3.35. The summed E-state index contributed by atoms with van der Waals surface area (Å²) in [5.41, 5.74) is 1.13. The van der Waals surface area contributed by atoms with Crippen LogP contribution in [0.2, 0.25) is 5.02 Å². The van der Waals surface area contributed by atoms with Crippen LogP contribution in [0.3, 0.4) is 0 Å². The zero-order valence-electron chi connectivity index (χ0n) is 16.1. The molecule has 7 heteroatoms. The summed E-state index contributed by atoms with van der Waals surface area (Å²) in [6, 6.07) is 5.99. The minimum atomic E-state index is 0.115. The highest BCUT2D eigenvalue weighted by atomic mass is 35.5. The first-order chi connectivity index (χ1) is 13.6. The van der Waals surface area contributed by atoms with Crippen LogP contribution in [0.5, 0.6) is 5.75 Å². The molecule has 2 unspecified atom stereocenters. The number of hydrogen-bond acceptors (Lipinski definition) is 5. The maximum atomic E-state index is 12.9. The van der Waals surface area contributed by atoms with Gasteiger partial charge in [-0.2, -0.15) is 0 Å². The lowest BCUT2D eigenvalue weighted by Crippen LogP contribution is -2.37. The Balaban J connectivity index is 1.41. The van der Waals surface area contributed by atoms with E-state index in [2.05, 4.69) is 16.8 Å². The van der Waals surface area contributed by atoms with Gasteiger partial charge in [-0.15, -0.1) is 11.3 Å². The first-order valence-corrected chi connectivity index (χ1v) is 11.3. The molecule has 0 radical (unpaired) electrons. The van der Waals surface area contributed by atoms with Crippen LogP contribution in [0.15, 0.2) is 29.8 Å². The molecule has 1 saturated heterocycles. The highest BCUT2D eigenvalue weighted by Gasteiger charge is 2.32. The van der Waals surface area contributed by atoms with Crippen molar-refractivity contribution in [3.8, 4) is 5.75 Å². The standard InChI is InChI=1S/C21H26ClN3O2S/c1-2-17-14-24(13-15-5-6-16(22)12-19(15)27-17)10-7-20(26)25-9-3-4-18(25)21-23-8-11-28-21/h5-6,8,11-12,17-18H,2-4,7,9-10,13-14H2,1H3. The van der Waals surface area contributed by atoms with Gasteiger partial charge >= 0.3 is 0 Å². The normalized spacial score (nSPS) is 22.6. The van der Waals surface area contributed by atoms with Crippen LogP contribution >= 0.6 is 22.9 Å². The van der Waals surface area contributed by atoms with Crippen molar-refractivity contribution in [1.82, 2.24) is 14.8 Å². The molecule has 2 aliphatic rings. The van der Waals surface area contributed by atoms with E-state index in [1.807, 2.05) is 34.7 Å². The maximum Gasteiger partial charge on any atom is 0.224 e. The predicted molar refractivity (Wildman–Crippen MR) is 112 cm³/mol. The van der Waals surface area contributed by atoms with E-state index in [1.54, 1.807) is 11.3 Å². The fourth-order valence-corrected chi connectivity index (χ4v) is 5.03. The van der Waals surface area contributed by atoms with Gasteiger partial charge in [0.05, 0.1) is 6.04 Å². The second-order valence-corrected chi connectivity index (χ2v) is 8.86. The van der Waals surface area contributed by atoms with Crippen molar-refractivity contribution < 1.29 is 9.53 Å². The minimum absolute atomic E-state index is 0.115. The number of fused-ring (bicyclic) bond motifs is 1. The molecule has 4 rings (SSSR count). The molecule has 0 saturated carbocycles. The first-order valence-electron chi connectivity index (χ1n) is 10.0.